The van der Waals surface area contributed by atoms with Gasteiger partial charge in [-0.05, 0) is 0 Å². The Morgan fingerprint density at radius 2 is 0.889 bits per heavy atom. The van der Waals surface area contributed by atoms with E-state index in [1.807, 2.05) is 0 Å². The van der Waals surface area contributed by atoms with E-state index in [4.69, 9.17) is 19.8 Å². The molecule has 0 aliphatic carbocycles. The first kappa shape index (κ1) is 39.2. The second-order valence-corrected chi connectivity index (χ2v) is 0.183. The van der Waals surface area contributed by atoms with Crippen LogP contribution in [0.2, 0.25) is 0 Å². The van der Waals surface area contributed by atoms with Crippen LogP contribution in [0.15, 0.2) is 0 Å². The largest absolute Gasteiger partial charge is 0.693 e. The molecule has 0 fully saturated rings. The molecule has 0 saturated heterocycles. The zero-order valence-corrected chi connectivity index (χ0v) is 7.54. The van der Waals surface area contributed by atoms with Crippen molar-refractivity contribution in [2.24, 2.45) is 0 Å². The summed E-state index contributed by atoms with van der Waals surface area (Å²) in [6.07, 6.45) is 0. The molecule has 0 rings (SSSR count). The molecule has 0 aromatic heterocycles. The van der Waals surface area contributed by atoms with Gasteiger partial charge in [-0.3, -0.25) is 0 Å². The maximum atomic E-state index is 8.24. The van der Waals surface area contributed by atoms with Crippen molar-refractivity contribution in [2.45, 2.75) is 0 Å². The summed E-state index contributed by atoms with van der Waals surface area (Å²) in [5, 5.41) is 13.5. The quantitative estimate of drug-likeness (QED) is 0.424. The molecule has 0 saturated carbocycles. The summed E-state index contributed by atoms with van der Waals surface area (Å²) in [7, 11) is 0. The Morgan fingerprint density at radius 1 is 0.889 bits per heavy atom. The van der Waals surface area contributed by atoms with Crippen molar-refractivity contribution in [3.63, 3.8) is 0 Å². The molecule has 54 valence electrons. The predicted octanol–water partition coefficient (Wildman–Crippen LogP) is 0.655. The summed E-state index contributed by atoms with van der Waals surface area (Å²) in [4.78, 5) is 16.5. The van der Waals surface area contributed by atoms with Crippen molar-refractivity contribution in [1.29, 1.82) is 0 Å². The van der Waals surface area contributed by atoms with Crippen LogP contribution in [0, 0.1) is 0 Å². The minimum absolute atomic E-state index is 0. The molecule has 0 radical (unpaired) electrons. The predicted molar refractivity (Wildman–Crippen MR) is 27.2 cm³/mol. The van der Waals surface area contributed by atoms with Gasteiger partial charge in [0, 0.05) is 19.5 Å². The zero-order chi connectivity index (χ0) is 5.41. The molecule has 0 aliphatic heterocycles. The summed E-state index contributed by atoms with van der Waals surface area (Å²) in [5.41, 5.74) is 0. The van der Waals surface area contributed by atoms with E-state index < -0.39 is 0 Å². The molecule has 0 spiro atoms. The maximum absolute atomic E-state index is 8.24. The Bertz CT molecular complexity index is 37.5. The van der Waals surface area contributed by atoms with Gasteiger partial charge in [0.15, 0.2) is 0 Å². The number of hydrogen-bond donors (Lipinski definition) is 2. The number of nitrogens with two attached hydrogens (primary N) is 2. The molecule has 0 heterocycles. The molecule has 6 nitrogen and oxygen atoms in total. The number of rotatable bonds is 0. The van der Waals surface area contributed by atoms with Crippen LogP contribution >= 0.6 is 0 Å². The van der Waals surface area contributed by atoms with Crippen LogP contribution in [-0.2, 0) is 29.1 Å². The van der Waals surface area contributed by atoms with Crippen LogP contribution in [0.5, 0.6) is 0 Å². The van der Waals surface area contributed by atoms with Crippen molar-refractivity contribution in [2.75, 3.05) is 0 Å². The fraction of sp³-hybridized carbons (Fsp3) is 0. The minimum atomic E-state index is 0. The second kappa shape index (κ2) is 143. The van der Waals surface area contributed by atoms with E-state index in [0.717, 1.165) is 0 Å². The van der Waals surface area contributed by atoms with Crippen molar-refractivity contribution in [1.82, 2.24) is 0 Å². The van der Waals surface area contributed by atoms with Crippen molar-refractivity contribution in [3.8, 4) is 0 Å². The van der Waals surface area contributed by atoms with Gasteiger partial charge in [0.1, 0.15) is 0 Å². The smallest absolute Gasteiger partial charge is 0 e. The fourth-order valence-electron chi connectivity index (χ4n) is 0. The van der Waals surface area contributed by atoms with Gasteiger partial charge in [-0.15, -0.1) is 0 Å². The van der Waals surface area contributed by atoms with E-state index in [0.29, 0.717) is 12.9 Å². The van der Waals surface area contributed by atoms with Crippen LogP contribution in [0.1, 0.15) is 0 Å². The van der Waals surface area contributed by atoms with E-state index in [-0.39, 0.29) is 31.8 Å². The first-order valence-electron chi connectivity index (χ1n) is 0.855. The topological polar surface area (TPSA) is 142 Å². The van der Waals surface area contributed by atoms with Gasteiger partial charge in [-0.25, -0.2) is 0 Å². The summed E-state index contributed by atoms with van der Waals surface area (Å²) >= 11 is 0. The zero-order valence-electron chi connectivity index (χ0n) is 4.57. The van der Waals surface area contributed by atoms with Gasteiger partial charge in [0.25, 0.3) is 0 Å². The van der Waals surface area contributed by atoms with Crippen LogP contribution in [0.4, 0.5) is 0 Å². The average Bonchev–Trinajstić information content (AvgIpc) is 1.39. The summed E-state index contributed by atoms with van der Waals surface area (Å²) < 4.78 is 0. The maximum Gasteiger partial charge on any atom is 0 e. The van der Waals surface area contributed by atoms with Gasteiger partial charge in [0.05, 0.1) is 0 Å². The Balaban J connectivity index is -0.00000000889. The third-order valence-corrected chi connectivity index (χ3v) is 0. The fourth-order valence-corrected chi connectivity index (χ4v) is 0. The van der Waals surface area contributed by atoms with Crippen molar-refractivity contribution in [3.05, 3.63) is 12.3 Å². The monoisotopic (exact) mass is 186 g/mol. The Labute approximate surface area is 65.2 Å². The van der Waals surface area contributed by atoms with Gasteiger partial charge in [0.2, 0.25) is 0 Å². The standard InChI is InChI=1S/2CHO2.2H2N.Zn/c2*2-1-3;;;/h2*(H,2,3);2*1H2;/q4*-1;. The van der Waals surface area contributed by atoms with E-state index in [1.165, 1.54) is 0 Å². The van der Waals surface area contributed by atoms with Gasteiger partial charge in [-0.1, -0.05) is 12.9 Å². The first-order chi connectivity index (χ1) is 2.83. The molecule has 7 heteroatoms. The van der Waals surface area contributed by atoms with Crippen LogP contribution < -0.4 is 0 Å². The van der Waals surface area contributed by atoms with Crippen LogP contribution in [0.25, 0.3) is 12.3 Å². The summed E-state index contributed by atoms with van der Waals surface area (Å²) in [5.74, 6) is 0. The van der Waals surface area contributed by atoms with Crippen LogP contribution in [-0.4, -0.2) is 23.2 Å². The Hall–Kier alpha value is -0.517. The van der Waals surface area contributed by atoms with E-state index in [9.17, 15) is 0 Å². The molecule has 9 heavy (non-hydrogen) atoms. The Morgan fingerprint density at radius 3 is 0.889 bits per heavy atom. The van der Waals surface area contributed by atoms with Gasteiger partial charge in [-0.2, -0.15) is 0 Å². The van der Waals surface area contributed by atoms with Gasteiger partial charge >= 0.3 is 0 Å². The van der Waals surface area contributed by atoms with E-state index in [2.05, 4.69) is 0 Å². The van der Waals surface area contributed by atoms with Crippen molar-refractivity contribution < 1.29 is 39.3 Å². The third-order valence-electron chi connectivity index (χ3n) is 0. The first-order valence-corrected chi connectivity index (χ1v) is 0.855. The molecule has 0 aromatic carbocycles. The molecule has 0 amide bonds. The van der Waals surface area contributed by atoms with Crippen LogP contribution in [0.3, 0.4) is 0 Å². The van der Waals surface area contributed by atoms with Gasteiger partial charge < -0.3 is 32.1 Å². The van der Waals surface area contributed by atoms with E-state index in [1.54, 1.807) is 0 Å². The summed E-state index contributed by atoms with van der Waals surface area (Å²) in [6, 6.07) is 0. The number of hydrogen-bond acceptors (Lipinski definition) is 2. The normalized spacial score (nSPS) is 2.67. The second-order valence-electron chi connectivity index (χ2n) is 0.183. The molecule has 0 aliphatic rings. The minimum Gasteiger partial charge on any atom is -0.693 e. The molecule has 0 aromatic rings. The molecule has 0 bridgehead atoms. The molecular formula is C2H6N2O4Zn-4. The summed E-state index contributed by atoms with van der Waals surface area (Å²) in [6.45, 7) is 1.00. The Kier molecular flexibility index (Phi) is 622. The van der Waals surface area contributed by atoms with E-state index >= 15 is 0 Å². The molecule has 6 N–H and O–H groups in total. The molecule has 0 unspecified atom stereocenters. The number of aliphatic hydroxyl groups excluding tert-OH is 2. The molecule has 0 atom stereocenters. The average molecular weight is 187 g/mol. The molecular weight excluding hydrogens is 181 g/mol. The third kappa shape index (κ3) is 843. The SMILES string of the molecule is O=[C-]O.O=[C-]O.[NH2-].[NH2-].[Zn]. The van der Waals surface area contributed by atoms with Crippen molar-refractivity contribution >= 4 is 12.9 Å².